The number of thiophene rings is 1. The summed E-state index contributed by atoms with van der Waals surface area (Å²) in [6.45, 7) is 0.0131. The maximum atomic E-state index is 12.4. The zero-order valence-corrected chi connectivity index (χ0v) is 14.2. The van der Waals surface area contributed by atoms with Gasteiger partial charge < -0.3 is 4.74 Å². The third-order valence-corrected chi connectivity index (χ3v) is 4.87. The van der Waals surface area contributed by atoms with Crippen molar-refractivity contribution in [2.45, 2.75) is 13.2 Å². The van der Waals surface area contributed by atoms with Crippen molar-refractivity contribution in [2.24, 2.45) is 7.05 Å². The van der Waals surface area contributed by atoms with Gasteiger partial charge in [0.1, 0.15) is 16.3 Å². The Morgan fingerprint density at radius 3 is 2.68 bits per heavy atom. The lowest BCUT2D eigenvalue weighted by Crippen LogP contribution is -2.38. The van der Waals surface area contributed by atoms with Crippen LogP contribution in [0.5, 0.6) is 0 Å². The van der Waals surface area contributed by atoms with Crippen molar-refractivity contribution in [3.05, 3.63) is 67.7 Å². The molecule has 0 spiro atoms. The first-order valence-electron chi connectivity index (χ1n) is 7.41. The summed E-state index contributed by atoms with van der Waals surface area (Å²) in [6.07, 6.45) is 5.21. The van der Waals surface area contributed by atoms with Gasteiger partial charge in [0.25, 0.3) is 5.56 Å². The van der Waals surface area contributed by atoms with Gasteiger partial charge in [0, 0.05) is 7.05 Å². The molecule has 3 rings (SSSR count). The fraction of sp³-hybridized carbons (Fsp3) is 0.167. The second kappa shape index (κ2) is 6.79. The summed E-state index contributed by atoms with van der Waals surface area (Å²) >= 11 is 1.05. The number of benzene rings is 1. The minimum absolute atomic E-state index is 0.120. The number of carbonyl (C=O) groups is 1. The number of aromatic nitrogens is 2. The third-order valence-electron chi connectivity index (χ3n) is 3.67. The van der Waals surface area contributed by atoms with E-state index in [0.717, 1.165) is 21.5 Å². The molecule has 0 unspecified atom stereocenters. The molecular weight excluding hydrogens is 340 g/mol. The molecule has 2 aromatic heterocycles. The molecule has 0 aliphatic rings. The lowest BCUT2D eigenvalue weighted by molar-refractivity contribution is 0.0478. The van der Waals surface area contributed by atoms with Gasteiger partial charge in [0.2, 0.25) is 0 Å². The number of aryl methyl sites for hydroxylation is 1. The SMILES string of the molecule is C#CCn1c(=O)c2cc(C(=O)OCc3ccccc3)sc2n(C)c1=O. The molecule has 126 valence electrons. The molecule has 0 amide bonds. The summed E-state index contributed by atoms with van der Waals surface area (Å²) in [5.74, 6) is 1.75. The van der Waals surface area contributed by atoms with E-state index >= 15 is 0 Å². The van der Waals surface area contributed by atoms with Gasteiger partial charge in [0.15, 0.2) is 0 Å². The van der Waals surface area contributed by atoms with E-state index in [2.05, 4.69) is 5.92 Å². The van der Waals surface area contributed by atoms with Crippen molar-refractivity contribution in [3.8, 4) is 12.3 Å². The van der Waals surface area contributed by atoms with Crippen LogP contribution >= 0.6 is 11.3 Å². The number of hydrogen-bond donors (Lipinski definition) is 0. The Labute approximate surface area is 146 Å². The molecule has 3 aromatic rings. The molecule has 0 atom stereocenters. The molecule has 0 saturated carbocycles. The first-order valence-corrected chi connectivity index (χ1v) is 8.22. The average Bonchev–Trinajstić information content (AvgIpc) is 3.08. The van der Waals surface area contributed by atoms with Crippen LogP contribution in [0.4, 0.5) is 0 Å². The van der Waals surface area contributed by atoms with Gasteiger partial charge >= 0.3 is 11.7 Å². The van der Waals surface area contributed by atoms with Crippen LogP contribution in [-0.4, -0.2) is 15.1 Å². The second-order valence-electron chi connectivity index (χ2n) is 5.33. The van der Waals surface area contributed by atoms with Gasteiger partial charge in [-0.05, 0) is 11.6 Å². The molecular formula is C18H14N2O4S. The molecule has 0 radical (unpaired) electrons. The summed E-state index contributed by atoms with van der Waals surface area (Å²) in [4.78, 5) is 37.6. The van der Waals surface area contributed by atoms with Crippen LogP contribution in [0.15, 0.2) is 46.0 Å². The number of terminal acetylenes is 1. The minimum atomic E-state index is -0.541. The standard InChI is InChI=1S/C18H14N2O4S/c1-3-9-20-15(21)13-10-14(25-16(13)19(2)18(20)23)17(22)24-11-12-7-5-4-6-8-12/h1,4-8,10H,9,11H2,2H3. The van der Waals surface area contributed by atoms with E-state index in [1.807, 2.05) is 30.3 Å². The van der Waals surface area contributed by atoms with E-state index in [1.54, 1.807) is 0 Å². The molecule has 0 aliphatic heterocycles. The number of carbonyl (C=O) groups excluding carboxylic acids is 1. The van der Waals surface area contributed by atoms with Crippen LogP contribution in [0.3, 0.4) is 0 Å². The Morgan fingerprint density at radius 2 is 2.00 bits per heavy atom. The van der Waals surface area contributed by atoms with Gasteiger partial charge in [-0.3, -0.25) is 9.36 Å². The topological polar surface area (TPSA) is 70.3 Å². The molecule has 25 heavy (non-hydrogen) atoms. The van der Waals surface area contributed by atoms with E-state index in [1.165, 1.54) is 17.7 Å². The minimum Gasteiger partial charge on any atom is -0.457 e. The largest absolute Gasteiger partial charge is 0.457 e. The summed E-state index contributed by atoms with van der Waals surface area (Å²) in [5, 5.41) is 0.272. The van der Waals surface area contributed by atoms with Gasteiger partial charge in [0.05, 0.1) is 11.9 Å². The van der Waals surface area contributed by atoms with E-state index in [-0.39, 0.29) is 23.4 Å². The van der Waals surface area contributed by atoms with Crippen LogP contribution < -0.4 is 11.2 Å². The number of rotatable bonds is 4. The Hall–Kier alpha value is -3.11. The summed E-state index contributed by atoms with van der Waals surface area (Å²) < 4.78 is 7.55. The van der Waals surface area contributed by atoms with Gasteiger partial charge in [-0.25, -0.2) is 14.2 Å². The molecule has 6 nitrogen and oxygen atoms in total. The highest BCUT2D eigenvalue weighted by molar-refractivity contribution is 7.20. The van der Waals surface area contributed by atoms with E-state index in [4.69, 9.17) is 11.2 Å². The van der Waals surface area contributed by atoms with Crippen molar-refractivity contribution in [3.63, 3.8) is 0 Å². The Balaban J connectivity index is 1.96. The Morgan fingerprint density at radius 1 is 1.28 bits per heavy atom. The molecule has 1 aromatic carbocycles. The highest BCUT2D eigenvalue weighted by Crippen LogP contribution is 2.22. The molecule has 2 heterocycles. The van der Waals surface area contributed by atoms with E-state index < -0.39 is 17.2 Å². The van der Waals surface area contributed by atoms with Crippen LogP contribution in [0.2, 0.25) is 0 Å². The van der Waals surface area contributed by atoms with Gasteiger partial charge in [-0.1, -0.05) is 36.3 Å². The fourth-order valence-corrected chi connectivity index (χ4v) is 3.41. The number of ether oxygens (including phenoxy) is 1. The second-order valence-corrected chi connectivity index (χ2v) is 6.36. The number of fused-ring (bicyclic) bond motifs is 1. The number of esters is 1. The van der Waals surface area contributed by atoms with Gasteiger partial charge in [-0.2, -0.15) is 0 Å². The number of nitrogens with zero attached hydrogens (tertiary/aromatic N) is 2. The van der Waals surface area contributed by atoms with Crippen molar-refractivity contribution in [2.75, 3.05) is 0 Å². The summed E-state index contributed by atoms with van der Waals surface area (Å²) in [7, 11) is 1.53. The maximum Gasteiger partial charge on any atom is 0.348 e. The summed E-state index contributed by atoms with van der Waals surface area (Å²) in [5.41, 5.74) is -0.156. The highest BCUT2D eigenvalue weighted by Gasteiger charge is 2.18. The van der Waals surface area contributed by atoms with Crippen LogP contribution in [-0.2, 0) is 24.9 Å². The van der Waals surface area contributed by atoms with Crippen molar-refractivity contribution in [1.29, 1.82) is 0 Å². The monoisotopic (exact) mass is 354 g/mol. The fourth-order valence-electron chi connectivity index (χ4n) is 2.41. The first kappa shape index (κ1) is 16.7. The van der Waals surface area contributed by atoms with E-state index in [9.17, 15) is 14.4 Å². The zero-order valence-electron chi connectivity index (χ0n) is 13.4. The third kappa shape index (κ3) is 3.12. The molecule has 0 bridgehead atoms. The Kier molecular flexibility index (Phi) is 4.55. The quantitative estimate of drug-likeness (QED) is 0.529. The molecule has 0 aliphatic carbocycles. The normalized spacial score (nSPS) is 10.6. The van der Waals surface area contributed by atoms with E-state index in [0.29, 0.717) is 4.83 Å². The highest BCUT2D eigenvalue weighted by atomic mass is 32.1. The van der Waals surface area contributed by atoms with Crippen LogP contribution in [0, 0.1) is 12.3 Å². The first-order chi connectivity index (χ1) is 12.0. The average molecular weight is 354 g/mol. The molecule has 0 N–H and O–H groups in total. The molecule has 0 saturated heterocycles. The molecule has 0 fully saturated rings. The van der Waals surface area contributed by atoms with Crippen molar-refractivity contribution >= 4 is 27.5 Å². The van der Waals surface area contributed by atoms with Gasteiger partial charge in [-0.15, -0.1) is 17.8 Å². The predicted octanol–water partition coefficient (Wildman–Crippen LogP) is 1.75. The smallest absolute Gasteiger partial charge is 0.348 e. The maximum absolute atomic E-state index is 12.4. The van der Waals surface area contributed by atoms with Crippen LogP contribution in [0.1, 0.15) is 15.2 Å². The summed E-state index contributed by atoms with van der Waals surface area (Å²) in [6, 6.07) is 10.7. The lowest BCUT2D eigenvalue weighted by Gasteiger charge is -2.04. The molecule has 7 heteroatoms. The predicted molar refractivity (Wildman–Crippen MR) is 95.7 cm³/mol. The Bertz CT molecular complexity index is 1100. The zero-order chi connectivity index (χ0) is 18.0. The van der Waals surface area contributed by atoms with Crippen LogP contribution in [0.25, 0.3) is 10.2 Å². The lowest BCUT2D eigenvalue weighted by atomic mass is 10.2. The van der Waals surface area contributed by atoms with Crippen molar-refractivity contribution < 1.29 is 9.53 Å². The van der Waals surface area contributed by atoms with Crippen molar-refractivity contribution in [1.82, 2.24) is 9.13 Å². The number of hydrogen-bond acceptors (Lipinski definition) is 5.